The maximum Gasteiger partial charge on any atom is 0.327 e. The number of fused-ring (bicyclic) bond motifs is 1. The topological polar surface area (TPSA) is 177 Å². The molecule has 37 heavy (non-hydrogen) atoms. The number of amides is 4. The molecule has 1 aromatic carbocycles. The first-order valence-corrected chi connectivity index (χ1v) is 12.6. The highest BCUT2D eigenvalue weighted by atomic mass is 16.3. The molecule has 0 aromatic heterocycles. The van der Waals surface area contributed by atoms with Crippen LogP contribution >= 0.6 is 0 Å². The van der Waals surface area contributed by atoms with Crippen LogP contribution in [0.3, 0.4) is 0 Å². The van der Waals surface area contributed by atoms with Crippen molar-refractivity contribution in [2.75, 3.05) is 26.7 Å². The largest absolute Gasteiger partial charge is 0.386 e. The van der Waals surface area contributed by atoms with Crippen molar-refractivity contribution >= 4 is 29.8 Å². The zero-order valence-corrected chi connectivity index (χ0v) is 20.5. The van der Waals surface area contributed by atoms with Gasteiger partial charge in [0.1, 0.15) is 12.6 Å². The third-order valence-corrected chi connectivity index (χ3v) is 8.32. The summed E-state index contributed by atoms with van der Waals surface area (Å²) in [6, 6.07) is 3.27. The van der Waals surface area contributed by atoms with Gasteiger partial charge in [-0.3, -0.25) is 25.3 Å². The van der Waals surface area contributed by atoms with Crippen LogP contribution in [0, 0.1) is 10.8 Å². The van der Waals surface area contributed by atoms with Gasteiger partial charge in [0.05, 0.1) is 24.7 Å². The fourth-order valence-corrected chi connectivity index (χ4v) is 6.57. The summed E-state index contributed by atoms with van der Waals surface area (Å²) in [5.74, 6) is -0.688. The van der Waals surface area contributed by atoms with Crippen molar-refractivity contribution in [2.45, 2.75) is 55.6 Å². The summed E-state index contributed by atoms with van der Waals surface area (Å²) in [6.45, 7) is 0.0854. The Morgan fingerprint density at radius 1 is 1.22 bits per heavy atom. The summed E-state index contributed by atoms with van der Waals surface area (Å²) in [5, 5.41) is 40.6. The number of benzene rings is 1. The fourth-order valence-electron chi connectivity index (χ4n) is 6.57. The van der Waals surface area contributed by atoms with Gasteiger partial charge in [-0.05, 0) is 42.9 Å². The molecule has 5 atom stereocenters. The molecule has 1 aliphatic carbocycles. The number of imide groups is 1. The summed E-state index contributed by atoms with van der Waals surface area (Å²) in [7, 11) is 1.54. The molecule has 1 aromatic rings. The minimum absolute atomic E-state index is 0.0215. The smallest absolute Gasteiger partial charge is 0.327 e. The van der Waals surface area contributed by atoms with E-state index in [2.05, 4.69) is 27.3 Å². The molecule has 0 radical (unpaired) electrons. The van der Waals surface area contributed by atoms with Gasteiger partial charge in [0.2, 0.25) is 5.91 Å². The lowest BCUT2D eigenvalue weighted by Gasteiger charge is -2.49. The molecule has 0 bridgehead atoms. The van der Waals surface area contributed by atoms with E-state index in [0.29, 0.717) is 5.56 Å². The minimum atomic E-state index is -1.31. The number of nitrogens with one attached hydrogen (secondary N) is 6. The number of nitrogens with zero attached hydrogens (tertiary/aromatic N) is 3. The Morgan fingerprint density at radius 2 is 2.00 bits per heavy atom. The van der Waals surface area contributed by atoms with Gasteiger partial charge in [0.15, 0.2) is 17.6 Å². The van der Waals surface area contributed by atoms with Crippen molar-refractivity contribution < 1.29 is 19.5 Å². The lowest BCUT2D eigenvalue weighted by molar-refractivity contribution is -0.125. The Bertz CT molecular complexity index is 1220. The first kappa shape index (κ1) is 23.5. The van der Waals surface area contributed by atoms with Crippen molar-refractivity contribution in [3.05, 3.63) is 34.9 Å². The van der Waals surface area contributed by atoms with Gasteiger partial charge in [-0.1, -0.05) is 12.1 Å². The molecule has 4 aliphatic heterocycles. The summed E-state index contributed by atoms with van der Waals surface area (Å²) in [6.07, 6.45) is 2.73. The Kier molecular flexibility index (Phi) is 5.30. The van der Waals surface area contributed by atoms with Crippen LogP contribution in [0.1, 0.15) is 34.3 Å². The molecule has 4 amide bonds. The number of aryl methyl sites for hydroxylation is 1. The number of hydrogen-bond donors (Lipinski definition) is 7. The molecule has 5 aliphatic rings. The molecule has 4 saturated heterocycles. The molecule has 7 N–H and O–H groups in total. The van der Waals surface area contributed by atoms with E-state index in [1.165, 1.54) is 10.5 Å². The summed E-state index contributed by atoms with van der Waals surface area (Å²) < 4.78 is 0. The van der Waals surface area contributed by atoms with Gasteiger partial charge in [0.25, 0.3) is 5.91 Å². The SMILES string of the molecule is CN1CC(=O)N(C[C@@H]2NC(=N)N3CC(NC(=O)c4cccc5c4CCCC5)C(O)C34NC(=N)NC24)C1=O. The average Bonchev–Trinajstić information content (AvgIpc) is 3.46. The Labute approximate surface area is 213 Å². The van der Waals surface area contributed by atoms with E-state index in [1.54, 1.807) is 18.0 Å². The fraction of sp³-hybridized carbons (Fsp3) is 0.542. The molecule has 0 saturated carbocycles. The van der Waals surface area contributed by atoms with Gasteiger partial charge < -0.3 is 36.2 Å². The lowest BCUT2D eigenvalue weighted by atomic mass is 9.86. The molecule has 196 valence electrons. The first-order valence-electron chi connectivity index (χ1n) is 12.6. The molecule has 4 heterocycles. The number of urea groups is 1. The molecular weight excluding hydrogens is 478 g/mol. The van der Waals surface area contributed by atoms with Gasteiger partial charge >= 0.3 is 6.03 Å². The Hall–Kier alpha value is -3.87. The second-order valence-electron chi connectivity index (χ2n) is 10.5. The van der Waals surface area contributed by atoms with E-state index in [1.807, 2.05) is 6.07 Å². The number of aliphatic hydroxyl groups excluding tert-OH is 1. The quantitative estimate of drug-likeness (QED) is 0.236. The zero-order valence-electron chi connectivity index (χ0n) is 20.5. The molecule has 4 fully saturated rings. The van der Waals surface area contributed by atoms with E-state index in [0.717, 1.165) is 36.1 Å². The van der Waals surface area contributed by atoms with Crippen molar-refractivity contribution in [1.29, 1.82) is 10.8 Å². The van der Waals surface area contributed by atoms with Gasteiger partial charge in [-0.25, -0.2) is 4.79 Å². The molecule has 13 nitrogen and oxygen atoms in total. The second kappa shape index (κ2) is 8.33. The van der Waals surface area contributed by atoms with E-state index < -0.39 is 35.9 Å². The monoisotopic (exact) mass is 509 g/mol. The third-order valence-electron chi connectivity index (χ3n) is 8.32. The van der Waals surface area contributed by atoms with Gasteiger partial charge in [0, 0.05) is 19.2 Å². The number of likely N-dealkylation sites (N-methyl/N-ethyl adjacent to an activating group) is 1. The number of rotatable bonds is 4. The number of carbonyl (C=O) groups is 3. The maximum absolute atomic E-state index is 13.4. The second-order valence-corrected chi connectivity index (χ2v) is 10.5. The zero-order chi connectivity index (χ0) is 26.1. The van der Waals surface area contributed by atoms with Crippen LogP contribution in [0.5, 0.6) is 0 Å². The first-order chi connectivity index (χ1) is 17.7. The van der Waals surface area contributed by atoms with E-state index in [9.17, 15) is 19.5 Å². The van der Waals surface area contributed by atoms with Crippen molar-refractivity contribution in [2.24, 2.45) is 0 Å². The van der Waals surface area contributed by atoms with Crippen molar-refractivity contribution in [3.8, 4) is 0 Å². The Balaban J connectivity index is 1.26. The number of carbonyl (C=O) groups excluding carboxylic acids is 3. The summed E-state index contributed by atoms with van der Waals surface area (Å²) >= 11 is 0. The maximum atomic E-state index is 13.4. The Morgan fingerprint density at radius 3 is 2.76 bits per heavy atom. The molecular formula is C24H31N9O4. The molecule has 6 rings (SSSR count). The third kappa shape index (κ3) is 3.44. The van der Waals surface area contributed by atoms with Crippen molar-refractivity contribution in [1.82, 2.24) is 36.0 Å². The summed E-state index contributed by atoms with van der Waals surface area (Å²) in [5.41, 5.74) is 1.53. The van der Waals surface area contributed by atoms with E-state index in [4.69, 9.17) is 10.8 Å². The number of aliphatic hydroxyl groups is 1. The predicted octanol–water partition coefficient (Wildman–Crippen LogP) is -1.67. The molecule has 13 heteroatoms. The van der Waals surface area contributed by atoms with Gasteiger partial charge in [-0.2, -0.15) is 0 Å². The van der Waals surface area contributed by atoms with Crippen LogP contribution in [0.2, 0.25) is 0 Å². The highest BCUT2D eigenvalue weighted by molar-refractivity contribution is 6.02. The summed E-state index contributed by atoms with van der Waals surface area (Å²) in [4.78, 5) is 42.3. The highest BCUT2D eigenvalue weighted by Gasteiger charge is 2.67. The standard InChI is InChI=1S/C24H31N9O4/c1-31-11-17(34)32(23(31)37)9-15-18-24(30-21(25)29-18)19(35)16(10-33(24)22(26)28-15)27-20(36)14-8-4-6-12-5-2-3-7-13(12)14/h4,6,8,15-16,18-19,35H,2-3,5,7,9-11H2,1H3,(H2,26,28)(H,27,36)(H3,25,29,30)/t15-,16?,18?,19?,24?/m0/s1. The normalized spacial score (nSPS) is 32.4. The van der Waals surface area contributed by atoms with E-state index >= 15 is 0 Å². The average molecular weight is 510 g/mol. The van der Waals surface area contributed by atoms with E-state index in [-0.39, 0.29) is 43.4 Å². The number of hydrogen-bond acceptors (Lipinski definition) is 6. The predicted molar refractivity (Wildman–Crippen MR) is 132 cm³/mol. The van der Waals surface area contributed by atoms with Crippen LogP contribution in [0.4, 0.5) is 4.79 Å². The minimum Gasteiger partial charge on any atom is -0.386 e. The van der Waals surface area contributed by atoms with Gasteiger partial charge in [-0.15, -0.1) is 0 Å². The van der Waals surface area contributed by atoms with Crippen LogP contribution in [0.15, 0.2) is 18.2 Å². The molecule has 1 spiro atoms. The van der Waals surface area contributed by atoms with Crippen molar-refractivity contribution in [3.63, 3.8) is 0 Å². The van der Waals surface area contributed by atoms with Crippen LogP contribution in [0.25, 0.3) is 0 Å². The van der Waals surface area contributed by atoms with Crippen LogP contribution in [-0.2, 0) is 17.6 Å². The molecule has 4 unspecified atom stereocenters. The lowest BCUT2D eigenvalue weighted by Crippen LogP contribution is -2.78. The highest BCUT2D eigenvalue weighted by Crippen LogP contribution is 2.38. The number of guanidine groups is 2. The van der Waals surface area contributed by atoms with Crippen LogP contribution < -0.4 is 21.3 Å². The van der Waals surface area contributed by atoms with Crippen LogP contribution in [-0.4, -0.2) is 106 Å².